The van der Waals surface area contributed by atoms with Gasteiger partial charge in [0.25, 0.3) is 0 Å². The second-order valence-corrected chi connectivity index (χ2v) is 6.96. The van der Waals surface area contributed by atoms with Crippen molar-refractivity contribution >= 4 is 32.2 Å². The van der Waals surface area contributed by atoms with Gasteiger partial charge in [-0.25, -0.2) is 0 Å². The first-order valence-corrected chi connectivity index (χ1v) is 8.58. The van der Waals surface area contributed by atoms with E-state index in [9.17, 15) is 0 Å². The SMILES string of the molecule is Cc1nn([C@H](C)c2nn3c(-c4cccnc4)nnc3s2)cc1Br. The second kappa shape index (κ2) is 5.50. The Kier molecular flexibility index (Phi) is 3.46. The van der Waals surface area contributed by atoms with Crippen LogP contribution in [0.1, 0.15) is 23.7 Å². The lowest BCUT2D eigenvalue weighted by molar-refractivity contribution is 0.551. The predicted octanol–water partition coefficient (Wildman–Crippen LogP) is 3.12. The molecule has 0 aliphatic rings. The average molecular weight is 390 g/mol. The van der Waals surface area contributed by atoms with Gasteiger partial charge in [-0.15, -0.1) is 10.2 Å². The van der Waals surface area contributed by atoms with Gasteiger partial charge in [0.2, 0.25) is 4.96 Å². The van der Waals surface area contributed by atoms with Gasteiger partial charge in [-0.1, -0.05) is 11.3 Å². The lowest BCUT2D eigenvalue weighted by atomic mass is 10.3. The zero-order chi connectivity index (χ0) is 16.0. The number of pyridine rings is 1. The molecule has 4 aromatic rings. The van der Waals surface area contributed by atoms with Crippen LogP contribution in [0.4, 0.5) is 0 Å². The maximum Gasteiger partial charge on any atom is 0.235 e. The number of halogens is 1. The molecule has 0 aliphatic carbocycles. The smallest absolute Gasteiger partial charge is 0.235 e. The summed E-state index contributed by atoms with van der Waals surface area (Å²) >= 11 is 5.00. The summed E-state index contributed by atoms with van der Waals surface area (Å²) in [6, 6.07) is 3.84. The zero-order valence-corrected chi connectivity index (χ0v) is 14.8. The largest absolute Gasteiger partial charge is 0.264 e. The van der Waals surface area contributed by atoms with Crippen molar-refractivity contribution in [3.63, 3.8) is 0 Å². The molecule has 116 valence electrons. The van der Waals surface area contributed by atoms with E-state index in [0.29, 0.717) is 5.82 Å². The molecule has 0 N–H and O–H groups in total. The number of fused-ring (bicyclic) bond motifs is 1. The Labute approximate surface area is 144 Å². The van der Waals surface area contributed by atoms with E-state index in [1.54, 1.807) is 16.9 Å². The van der Waals surface area contributed by atoms with Crippen LogP contribution in [0.2, 0.25) is 0 Å². The fourth-order valence-electron chi connectivity index (χ4n) is 2.25. The molecule has 0 aliphatic heterocycles. The van der Waals surface area contributed by atoms with Gasteiger partial charge in [0.05, 0.1) is 10.2 Å². The van der Waals surface area contributed by atoms with E-state index in [4.69, 9.17) is 0 Å². The van der Waals surface area contributed by atoms with Gasteiger partial charge in [0.1, 0.15) is 11.0 Å². The highest BCUT2D eigenvalue weighted by Crippen LogP contribution is 2.27. The number of aryl methyl sites for hydroxylation is 1. The molecule has 9 heteroatoms. The number of nitrogens with zero attached hydrogens (tertiary/aromatic N) is 7. The van der Waals surface area contributed by atoms with Crippen LogP contribution in [0.3, 0.4) is 0 Å². The lowest BCUT2D eigenvalue weighted by Gasteiger charge is -2.07. The van der Waals surface area contributed by atoms with Crippen molar-refractivity contribution in [2.75, 3.05) is 0 Å². The van der Waals surface area contributed by atoms with Crippen LogP contribution in [0, 0.1) is 6.92 Å². The molecule has 0 radical (unpaired) electrons. The molecule has 0 aromatic carbocycles. The van der Waals surface area contributed by atoms with Crippen LogP contribution in [0.15, 0.2) is 35.2 Å². The Hall–Kier alpha value is -2.13. The van der Waals surface area contributed by atoms with E-state index in [-0.39, 0.29) is 6.04 Å². The van der Waals surface area contributed by atoms with Crippen LogP contribution >= 0.6 is 27.3 Å². The summed E-state index contributed by atoms with van der Waals surface area (Å²) in [5.41, 5.74) is 1.85. The quantitative estimate of drug-likeness (QED) is 0.538. The van der Waals surface area contributed by atoms with Crippen molar-refractivity contribution in [1.82, 2.24) is 34.6 Å². The van der Waals surface area contributed by atoms with Crippen molar-refractivity contribution in [1.29, 1.82) is 0 Å². The first-order valence-electron chi connectivity index (χ1n) is 6.97. The van der Waals surface area contributed by atoms with Gasteiger partial charge in [0.15, 0.2) is 5.82 Å². The van der Waals surface area contributed by atoms with E-state index >= 15 is 0 Å². The van der Waals surface area contributed by atoms with Crippen LogP contribution in [0.25, 0.3) is 16.3 Å². The van der Waals surface area contributed by atoms with Crippen LogP contribution in [-0.4, -0.2) is 34.6 Å². The van der Waals surface area contributed by atoms with Crippen molar-refractivity contribution < 1.29 is 0 Å². The summed E-state index contributed by atoms with van der Waals surface area (Å²) in [6.45, 7) is 4.03. The van der Waals surface area contributed by atoms with Gasteiger partial charge in [-0.3, -0.25) is 9.67 Å². The highest BCUT2D eigenvalue weighted by Gasteiger charge is 2.19. The van der Waals surface area contributed by atoms with E-state index in [0.717, 1.165) is 25.7 Å². The lowest BCUT2D eigenvalue weighted by Crippen LogP contribution is -2.08. The van der Waals surface area contributed by atoms with Crippen LogP contribution < -0.4 is 0 Å². The Morgan fingerprint density at radius 2 is 2.13 bits per heavy atom. The maximum atomic E-state index is 4.67. The fraction of sp³-hybridized carbons (Fsp3) is 0.214. The molecule has 0 fully saturated rings. The predicted molar refractivity (Wildman–Crippen MR) is 90.4 cm³/mol. The average Bonchev–Trinajstić information content (AvgIpc) is 3.22. The molecule has 7 nitrogen and oxygen atoms in total. The first kappa shape index (κ1) is 14.5. The van der Waals surface area contributed by atoms with Crippen molar-refractivity contribution in [2.45, 2.75) is 19.9 Å². The number of hydrogen-bond donors (Lipinski definition) is 0. The van der Waals surface area contributed by atoms with Gasteiger partial charge in [-0.05, 0) is 41.9 Å². The van der Waals surface area contributed by atoms with E-state index in [1.807, 2.05) is 29.9 Å². The minimum atomic E-state index is 0.0217. The number of aromatic nitrogens is 7. The molecule has 1 atom stereocenters. The fourth-order valence-corrected chi connectivity index (χ4v) is 3.42. The molecular weight excluding hydrogens is 378 g/mol. The topological polar surface area (TPSA) is 73.8 Å². The highest BCUT2D eigenvalue weighted by molar-refractivity contribution is 9.10. The maximum absolute atomic E-state index is 4.67. The molecule has 0 saturated carbocycles. The Morgan fingerprint density at radius 3 is 2.83 bits per heavy atom. The summed E-state index contributed by atoms with van der Waals surface area (Å²) < 4.78 is 4.65. The van der Waals surface area contributed by atoms with Crippen LogP contribution in [0.5, 0.6) is 0 Å². The molecule has 4 rings (SSSR count). The normalized spacial score (nSPS) is 12.8. The third-order valence-corrected chi connectivity index (χ3v) is 5.38. The molecule has 0 amide bonds. The summed E-state index contributed by atoms with van der Waals surface area (Å²) in [5.74, 6) is 0.695. The standard InChI is InChI=1S/C14H12BrN7S/c1-8-11(15)7-21(19-8)9(2)13-20-22-12(17-18-14(22)23-13)10-4-3-5-16-6-10/h3-7,9H,1-2H3/t9-/m1/s1. The zero-order valence-electron chi connectivity index (χ0n) is 12.4. The summed E-state index contributed by atoms with van der Waals surface area (Å²) in [6.07, 6.45) is 5.45. The Balaban J connectivity index is 1.76. The van der Waals surface area contributed by atoms with Gasteiger partial charge in [0, 0.05) is 24.2 Å². The summed E-state index contributed by atoms with van der Waals surface area (Å²) in [5, 5.41) is 18.5. The molecule has 23 heavy (non-hydrogen) atoms. The molecule has 4 aromatic heterocycles. The van der Waals surface area contributed by atoms with E-state index in [2.05, 4.69) is 48.2 Å². The van der Waals surface area contributed by atoms with Gasteiger partial charge in [-0.2, -0.15) is 14.7 Å². The highest BCUT2D eigenvalue weighted by atomic mass is 79.9. The third-order valence-electron chi connectivity index (χ3n) is 3.54. The monoisotopic (exact) mass is 389 g/mol. The Bertz CT molecular complexity index is 952. The van der Waals surface area contributed by atoms with Gasteiger partial charge >= 0.3 is 0 Å². The first-order chi connectivity index (χ1) is 11.1. The number of rotatable bonds is 3. The minimum absolute atomic E-state index is 0.0217. The minimum Gasteiger partial charge on any atom is -0.264 e. The molecule has 4 heterocycles. The van der Waals surface area contributed by atoms with E-state index in [1.165, 1.54) is 11.3 Å². The van der Waals surface area contributed by atoms with Gasteiger partial charge < -0.3 is 0 Å². The molecule has 0 unspecified atom stereocenters. The third kappa shape index (κ3) is 2.45. The molecule has 0 spiro atoms. The van der Waals surface area contributed by atoms with Crippen molar-refractivity contribution in [3.05, 3.63) is 45.9 Å². The summed E-state index contributed by atoms with van der Waals surface area (Å²) in [7, 11) is 0. The molecule has 0 bridgehead atoms. The number of hydrogen-bond acceptors (Lipinski definition) is 6. The molecule has 0 saturated heterocycles. The van der Waals surface area contributed by atoms with Crippen molar-refractivity contribution in [3.8, 4) is 11.4 Å². The van der Waals surface area contributed by atoms with E-state index < -0.39 is 0 Å². The Morgan fingerprint density at radius 1 is 1.26 bits per heavy atom. The van der Waals surface area contributed by atoms with Crippen LogP contribution in [-0.2, 0) is 0 Å². The second-order valence-electron chi connectivity index (χ2n) is 5.12. The molecular formula is C14H12BrN7S. The van der Waals surface area contributed by atoms with Crippen molar-refractivity contribution in [2.24, 2.45) is 0 Å². The summed E-state index contributed by atoms with van der Waals surface area (Å²) in [4.78, 5) is 4.88.